The summed E-state index contributed by atoms with van der Waals surface area (Å²) < 4.78 is 47.3. The van der Waals surface area contributed by atoms with E-state index in [4.69, 9.17) is 4.74 Å². The summed E-state index contributed by atoms with van der Waals surface area (Å²) in [6, 6.07) is 14.1. The molecule has 2 aromatic carbocycles. The average molecular weight is 489 g/mol. The molecule has 1 fully saturated rings. The monoisotopic (exact) mass is 488 g/mol. The second-order valence-electron chi connectivity index (χ2n) is 8.58. The van der Waals surface area contributed by atoms with Gasteiger partial charge in [-0.25, -0.2) is 12.8 Å². The summed E-state index contributed by atoms with van der Waals surface area (Å²) in [7, 11) is -1.62. The van der Waals surface area contributed by atoms with Crippen molar-refractivity contribution in [2.75, 3.05) is 20.1 Å². The Morgan fingerprint density at radius 1 is 1.09 bits per heavy atom. The molecule has 0 N–H and O–H groups in total. The van der Waals surface area contributed by atoms with Gasteiger partial charge in [0.05, 0.1) is 4.90 Å². The quantitative estimate of drug-likeness (QED) is 0.445. The molecule has 8 heteroatoms. The van der Waals surface area contributed by atoms with E-state index in [0.717, 1.165) is 24.9 Å². The van der Waals surface area contributed by atoms with Gasteiger partial charge in [-0.05, 0) is 84.6 Å². The number of nitrogens with zero attached hydrogens (tertiary/aromatic N) is 2. The van der Waals surface area contributed by atoms with Crippen LogP contribution in [0.25, 0.3) is 0 Å². The lowest BCUT2D eigenvalue weighted by atomic mass is 10.1. The van der Waals surface area contributed by atoms with Crippen molar-refractivity contribution in [2.45, 2.75) is 43.9 Å². The molecule has 0 bridgehead atoms. The Kier molecular flexibility index (Phi) is 7.48. The molecule has 176 valence electrons. The molecule has 0 atom stereocenters. The summed E-state index contributed by atoms with van der Waals surface area (Å²) in [6.45, 7) is 4.11. The largest absolute Gasteiger partial charge is 0.490 e. The van der Waals surface area contributed by atoms with Crippen LogP contribution in [-0.2, 0) is 23.1 Å². The molecule has 0 aliphatic carbocycles. The Hall–Kier alpha value is -2.26. The fourth-order valence-corrected chi connectivity index (χ4v) is 6.52. The number of sulfonamides is 1. The first-order chi connectivity index (χ1) is 15.8. The lowest BCUT2D eigenvalue weighted by Gasteiger charge is -2.32. The van der Waals surface area contributed by atoms with Gasteiger partial charge in [-0.15, -0.1) is 0 Å². The van der Waals surface area contributed by atoms with E-state index >= 15 is 0 Å². The number of ether oxygens (including phenoxy) is 1. The highest BCUT2D eigenvalue weighted by Gasteiger charge is 2.31. The van der Waals surface area contributed by atoms with Crippen LogP contribution in [0.2, 0.25) is 0 Å². The smallest absolute Gasteiger partial charge is 0.243 e. The van der Waals surface area contributed by atoms with Gasteiger partial charge in [0.15, 0.2) is 0 Å². The van der Waals surface area contributed by atoms with E-state index in [1.807, 2.05) is 12.1 Å². The first-order valence-corrected chi connectivity index (χ1v) is 13.4. The summed E-state index contributed by atoms with van der Waals surface area (Å²) >= 11 is 1.71. The molecular formula is C25H29FN2O3S2. The normalized spacial score (nSPS) is 15.8. The molecule has 1 aliphatic heterocycles. The van der Waals surface area contributed by atoms with Gasteiger partial charge >= 0.3 is 0 Å². The van der Waals surface area contributed by atoms with Crippen molar-refractivity contribution in [1.29, 1.82) is 0 Å². The van der Waals surface area contributed by atoms with Crippen molar-refractivity contribution in [3.63, 3.8) is 0 Å². The third kappa shape index (κ3) is 6.00. The van der Waals surface area contributed by atoms with Crippen LogP contribution in [0.4, 0.5) is 4.39 Å². The second kappa shape index (κ2) is 10.3. The van der Waals surface area contributed by atoms with E-state index in [2.05, 4.69) is 40.9 Å². The molecule has 0 radical (unpaired) electrons. The molecule has 33 heavy (non-hydrogen) atoms. The summed E-state index contributed by atoms with van der Waals surface area (Å²) in [5, 5.41) is 4.26. The number of piperidine rings is 1. The Balaban J connectivity index is 1.33. The minimum Gasteiger partial charge on any atom is -0.490 e. The van der Waals surface area contributed by atoms with Gasteiger partial charge in [0.2, 0.25) is 10.0 Å². The van der Waals surface area contributed by atoms with E-state index in [1.165, 1.54) is 27.6 Å². The van der Waals surface area contributed by atoms with Crippen LogP contribution in [0.5, 0.6) is 5.75 Å². The van der Waals surface area contributed by atoms with E-state index in [-0.39, 0.29) is 11.0 Å². The number of aryl methyl sites for hydroxylation is 1. The van der Waals surface area contributed by atoms with Crippen LogP contribution in [0.15, 0.2) is 64.2 Å². The highest BCUT2D eigenvalue weighted by atomic mass is 32.2. The molecule has 0 saturated carbocycles. The number of thiophene rings is 1. The third-order valence-electron chi connectivity index (χ3n) is 5.86. The number of halogens is 1. The standard InChI is InChI=1S/C25H29FN2O3S2/c1-19-6-7-22(26)15-25(19)33(29,30)28-11-8-23(9-12-28)31-24-5-3-4-20(14-24)16-27(2)17-21-10-13-32-18-21/h3-7,10,13-15,18,23H,8-9,11-12,16-17H2,1-2H3. The molecule has 0 spiro atoms. The summed E-state index contributed by atoms with van der Waals surface area (Å²) in [5.41, 5.74) is 3.03. The Labute approximate surface area is 199 Å². The lowest BCUT2D eigenvalue weighted by Crippen LogP contribution is -2.41. The number of benzene rings is 2. The second-order valence-corrected chi connectivity index (χ2v) is 11.3. The van der Waals surface area contributed by atoms with Crippen molar-refractivity contribution in [2.24, 2.45) is 0 Å². The van der Waals surface area contributed by atoms with Gasteiger partial charge in [-0.2, -0.15) is 15.6 Å². The van der Waals surface area contributed by atoms with E-state index < -0.39 is 15.8 Å². The van der Waals surface area contributed by atoms with Crippen molar-refractivity contribution < 1.29 is 17.5 Å². The van der Waals surface area contributed by atoms with Gasteiger partial charge in [-0.3, -0.25) is 4.90 Å². The maximum absolute atomic E-state index is 13.6. The fourth-order valence-electron chi connectivity index (χ4n) is 4.15. The summed E-state index contributed by atoms with van der Waals surface area (Å²) in [5.74, 6) is 0.261. The minimum absolute atomic E-state index is 0.0427. The molecule has 5 nitrogen and oxygen atoms in total. The Morgan fingerprint density at radius 2 is 1.85 bits per heavy atom. The topological polar surface area (TPSA) is 49.9 Å². The summed E-state index contributed by atoms with van der Waals surface area (Å²) in [4.78, 5) is 2.31. The summed E-state index contributed by atoms with van der Waals surface area (Å²) in [6.07, 6.45) is 1.13. The molecule has 1 aromatic heterocycles. The first-order valence-electron chi connectivity index (χ1n) is 11.0. The number of hydrogen-bond donors (Lipinski definition) is 0. The zero-order valence-corrected chi connectivity index (χ0v) is 20.5. The molecule has 1 saturated heterocycles. The van der Waals surface area contributed by atoms with Crippen LogP contribution in [-0.4, -0.2) is 43.9 Å². The van der Waals surface area contributed by atoms with Crippen molar-refractivity contribution >= 4 is 21.4 Å². The van der Waals surface area contributed by atoms with Crippen molar-refractivity contribution in [1.82, 2.24) is 9.21 Å². The maximum Gasteiger partial charge on any atom is 0.243 e. The van der Waals surface area contributed by atoms with Gasteiger partial charge in [-0.1, -0.05) is 18.2 Å². The Morgan fingerprint density at radius 3 is 2.58 bits per heavy atom. The van der Waals surface area contributed by atoms with Crippen LogP contribution >= 0.6 is 11.3 Å². The molecule has 1 aliphatic rings. The van der Waals surface area contributed by atoms with E-state index in [0.29, 0.717) is 31.5 Å². The van der Waals surface area contributed by atoms with Gasteiger partial charge in [0, 0.05) is 26.2 Å². The highest BCUT2D eigenvalue weighted by molar-refractivity contribution is 7.89. The van der Waals surface area contributed by atoms with E-state index in [1.54, 1.807) is 18.3 Å². The highest BCUT2D eigenvalue weighted by Crippen LogP contribution is 2.26. The molecule has 3 aromatic rings. The number of rotatable bonds is 8. The van der Waals surface area contributed by atoms with Gasteiger partial charge in [0.25, 0.3) is 0 Å². The number of hydrogen-bond acceptors (Lipinski definition) is 5. The predicted octanol–water partition coefficient (Wildman–Crippen LogP) is 5.06. The van der Waals surface area contributed by atoms with Crippen molar-refractivity contribution in [3.8, 4) is 5.75 Å². The zero-order valence-electron chi connectivity index (χ0n) is 18.9. The van der Waals surface area contributed by atoms with Gasteiger partial charge in [0.1, 0.15) is 17.7 Å². The average Bonchev–Trinajstić information content (AvgIpc) is 3.29. The maximum atomic E-state index is 13.6. The first kappa shape index (κ1) is 23.9. The molecular weight excluding hydrogens is 459 g/mol. The molecule has 2 heterocycles. The minimum atomic E-state index is -3.72. The predicted molar refractivity (Wildman–Crippen MR) is 129 cm³/mol. The third-order valence-corrected chi connectivity index (χ3v) is 8.63. The van der Waals surface area contributed by atoms with E-state index in [9.17, 15) is 12.8 Å². The fraction of sp³-hybridized carbons (Fsp3) is 0.360. The lowest BCUT2D eigenvalue weighted by molar-refractivity contribution is 0.135. The molecule has 4 rings (SSSR count). The molecule has 0 unspecified atom stereocenters. The van der Waals surface area contributed by atoms with Crippen LogP contribution in [0, 0.1) is 12.7 Å². The molecule has 0 amide bonds. The van der Waals surface area contributed by atoms with Gasteiger partial charge < -0.3 is 4.74 Å². The van der Waals surface area contributed by atoms with Crippen LogP contribution < -0.4 is 4.74 Å². The van der Waals surface area contributed by atoms with Crippen LogP contribution in [0.3, 0.4) is 0 Å². The zero-order chi connectivity index (χ0) is 23.4. The van der Waals surface area contributed by atoms with Crippen LogP contribution in [0.1, 0.15) is 29.5 Å². The SMILES string of the molecule is Cc1ccc(F)cc1S(=O)(=O)N1CCC(Oc2cccc(CN(C)Cc3ccsc3)c2)CC1. The van der Waals surface area contributed by atoms with Crippen molar-refractivity contribution in [3.05, 3.63) is 81.8 Å². The Bertz CT molecular complexity index is 1170.